The van der Waals surface area contributed by atoms with E-state index in [4.69, 9.17) is 8.92 Å². The number of benzene rings is 3. The van der Waals surface area contributed by atoms with Crippen molar-refractivity contribution in [2.75, 3.05) is 11.4 Å². The lowest BCUT2D eigenvalue weighted by Gasteiger charge is -2.47. The molecule has 11 heteroatoms. The predicted octanol–water partition coefficient (Wildman–Crippen LogP) is 4.11. The molecule has 0 spiro atoms. The summed E-state index contributed by atoms with van der Waals surface area (Å²) in [6, 6.07) is 19.3. The van der Waals surface area contributed by atoms with Gasteiger partial charge in [0.25, 0.3) is 0 Å². The Morgan fingerprint density at radius 3 is 2.51 bits per heavy atom. The highest BCUT2D eigenvalue weighted by atomic mass is 32.2. The van der Waals surface area contributed by atoms with Crippen molar-refractivity contribution in [3.05, 3.63) is 105 Å². The van der Waals surface area contributed by atoms with Gasteiger partial charge in [0, 0.05) is 16.1 Å². The fraction of sp³-hybridized carbons (Fsp3) is 0.208. The summed E-state index contributed by atoms with van der Waals surface area (Å²) in [5, 5.41) is 11.6. The second-order valence-corrected chi connectivity index (χ2v) is 9.73. The number of carbonyl (C=O) groups is 1. The van der Waals surface area contributed by atoms with Gasteiger partial charge in [-0.2, -0.15) is 8.42 Å². The van der Waals surface area contributed by atoms with Crippen molar-refractivity contribution in [3.63, 3.8) is 0 Å². The van der Waals surface area contributed by atoms with E-state index in [-0.39, 0.29) is 12.4 Å². The van der Waals surface area contributed by atoms with E-state index in [1.807, 2.05) is 18.2 Å². The molecule has 180 valence electrons. The Hall–Kier alpha value is -3.96. The highest BCUT2D eigenvalue weighted by molar-refractivity contribution is 7.84. The van der Waals surface area contributed by atoms with E-state index in [9.17, 15) is 23.3 Å². The number of fused-ring (bicyclic) bond motifs is 4. The first-order valence-electron chi connectivity index (χ1n) is 10.8. The van der Waals surface area contributed by atoms with Crippen molar-refractivity contribution in [3.8, 4) is 5.75 Å². The van der Waals surface area contributed by atoms with Crippen LogP contribution in [0.4, 0.5) is 10.5 Å². The largest absolute Gasteiger partial charge is 0.444 e. The zero-order valence-corrected chi connectivity index (χ0v) is 19.4. The highest BCUT2D eigenvalue weighted by Gasteiger charge is 2.54. The van der Waals surface area contributed by atoms with Crippen molar-refractivity contribution in [2.24, 2.45) is 0 Å². The molecule has 0 fully saturated rings. The average molecular weight is 496 g/mol. The van der Waals surface area contributed by atoms with Crippen LogP contribution in [0.3, 0.4) is 0 Å². The molecule has 0 N–H and O–H groups in total. The number of nitro groups is 1. The van der Waals surface area contributed by atoms with E-state index in [1.165, 1.54) is 4.90 Å². The van der Waals surface area contributed by atoms with Crippen molar-refractivity contribution < 1.29 is 27.1 Å². The highest BCUT2D eigenvalue weighted by Crippen LogP contribution is 2.51. The molecule has 0 saturated heterocycles. The number of nitrogens with zero attached hydrogens (tertiary/aromatic N) is 3. The number of amides is 1. The second kappa shape index (κ2) is 8.67. The lowest BCUT2D eigenvalue weighted by Crippen LogP contribution is -2.56. The molecular weight excluding hydrogens is 474 g/mol. The molecule has 5 rings (SSSR count). The third kappa shape index (κ3) is 4.08. The van der Waals surface area contributed by atoms with Crippen LogP contribution in [0, 0.1) is 17.0 Å². The topological polar surface area (TPSA) is 119 Å². The molecule has 10 nitrogen and oxygen atoms in total. The lowest BCUT2D eigenvalue weighted by molar-refractivity contribution is -0.487. The molecule has 0 unspecified atom stereocenters. The summed E-state index contributed by atoms with van der Waals surface area (Å²) in [4.78, 5) is 25.7. The maximum Gasteiger partial charge on any atom is 0.416 e. The van der Waals surface area contributed by atoms with Gasteiger partial charge in [-0.3, -0.25) is 15.0 Å². The maximum absolute atomic E-state index is 13.5. The van der Waals surface area contributed by atoms with Gasteiger partial charge in [-0.1, -0.05) is 60.7 Å². The Bertz CT molecular complexity index is 1410. The summed E-state index contributed by atoms with van der Waals surface area (Å²) >= 11 is 0. The fourth-order valence-electron chi connectivity index (χ4n) is 4.49. The van der Waals surface area contributed by atoms with E-state index in [1.54, 1.807) is 61.5 Å². The third-order valence-electron chi connectivity index (χ3n) is 5.97. The van der Waals surface area contributed by atoms with Gasteiger partial charge < -0.3 is 8.92 Å². The summed E-state index contributed by atoms with van der Waals surface area (Å²) in [7, 11) is -4.51. The standard InChI is InChI=1S/C24H21N3O7S/c1-16-11-12-19-22(13-16)34-35(31,32)27-21(14-25(29)30)18-9-5-6-10-20(18)26(23(19)27)24(28)33-15-17-7-3-2-4-8-17/h2-13,21,23H,14-15H2,1H3/t21-,23+/m0/s1. The minimum Gasteiger partial charge on any atom is -0.444 e. The van der Waals surface area contributed by atoms with Crippen molar-refractivity contribution >= 4 is 22.1 Å². The van der Waals surface area contributed by atoms with Crippen LogP contribution in [-0.2, 0) is 21.6 Å². The molecule has 0 aromatic heterocycles. The van der Waals surface area contributed by atoms with Gasteiger partial charge in [0.15, 0.2) is 5.75 Å². The minimum atomic E-state index is -4.51. The molecule has 1 amide bonds. The van der Waals surface area contributed by atoms with Crippen molar-refractivity contribution in [2.45, 2.75) is 25.7 Å². The van der Waals surface area contributed by atoms with E-state index in [2.05, 4.69) is 0 Å². The number of hydrogen-bond donors (Lipinski definition) is 0. The number of aryl methyl sites for hydroxylation is 1. The molecule has 2 atom stereocenters. The molecule has 0 bridgehead atoms. The SMILES string of the molecule is Cc1ccc2c(c1)OS(=O)(=O)N1[C@H]2N(C(=O)OCc2ccccc2)c2ccccc2[C@@H]1C[N+](=O)[O-]. The Balaban J connectivity index is 1.67. The normalized spacial score (nSPS) is 20.1. The number of ether oxygens (including phenoxy) is 1. The molecule has 2 aliphatic rings. The quantitative estimate of drug-likeness (QED) is 0.395. The first-order chi connectivity index (χ1) is 16.8. The maximum atomic E-state index is 13.5. The molecule has 0 aliphatic carbocycles. The Labute approximate surface area is 201 Å². The van der Waals surface area contributed by atoms with Gasteiger partial charge >= 0.3 is 16.4 Å². The average Bonchev–Trinajstić information content (AvgIpc) is 2.82. The van der Waals surface area contributed by atoms with Crippen LogP contribution in [0.5, 0.6) is 5.75 Å². The molecular formula is C24H21N3O7S. The first kappa shape index (κ1) is 22.8. The summed E-state index contributed by atoms with van der Waals surface area (Å²) in [5.41, 5.74) is 2.53. The number of carbonyl (C=O) groups excluding carboxylic acids is 1. The van der Waals surface area contributed by atoms with Gasteiger partial charge in [-0.15, -0.1) is 4.31 Å². The predicted molar refractivity (Wildman–Crippen MR) is 125 cm³/mol. The number of anilines is 1. The van der Waals surface area contributed by atoms with Gasteiger partial charge in [-0.25, -0.2) is 4.79 Å². The van der Waals surface area contributed by atoms with Crippen LogP contribution in [-0.4, -0.2) is 30.3 Å². The monoisotopic (exact) mass is 495 g/mol. The third-order valence-corrected chi connectivity index (χ3v) is 7.33. The number of rotatable bonds is 4. The Morgan fingerprint density at radius 2 is 1.77 bits per heavy atom. The van der Waals surface area contributed by atoms with Crippen LogP contribution in [0.2, 0.25) is 0 Å². The molecule has 2 heterocycles. The number of hydrogen-bond acceptors (Lipinski definition) is 7. The fourth-order valence-corrected chi connectivity index (χ4v) is 5.89. The smallest absolute Gasteiger partial charge is 0.416 e. The second-order valence-electron chi connectivity index (χ2n) is 8.29. The van der Waals surface area contributed by atoms with Gasteiger partial charge in [-0.05, 0) is 30.2 Å². The molecule has 3 aromatic carbocycles. The first-order valence-corrected chi connectivity index (χ1v) is 12.2. The van der Waals surface area contributed by atoms with E-state index < -0.39 is 40.1 Å². The lowest BCUT2D eigenvalue weighted by atomic mass is 9.96. The molecule has 3 aromatic rings. The van der Waals surface area contributed by atoms with Crippen LogP contribution >= 0.6 is 0 Å². The van der Waals surface area contributed by atoms with Gasteiger partial charge in [0.1, 0.15) is 18.8 Å². The van der Waals surface area contributed by atoms with Crippen LogP contribution < -0.4 is 9.08 Å². The Morgan fingerprint density at radius 1 is 1.06 bits per heavy atom. The van der Waals surface area contributed by atoms with E-state index in [0.717, 1.165) is 15.4 Å². The molecule has 35 heavy (non-hydrogen) atoms. The molecule has 0 radical (unpaired) electrons. The zero-order valence-electron chi connectivity index (χ0n) is 18.6. The van der Waals surface area contributed by atoms with Gasteiger partial charge in [0.05, 0.1) is 5.69 Å². The summed E-state index contributed by atoms with van der Waals surface area (Å²) in [6.07, 6.45) is -2.02. The van der Waals surface area contributed by atoms with Crippen LogP contribution in [0.1, 0.15) is 34.5 Å². The van der Waals surface area contributed by atoms with Crippen LogP contribution in [0.25, 0.3) is 0 Å². The zero-order chi connectivity index (χ0) is 24.7. The minimum absolute atomic E-state index is 0.0343. The molecule has 2 aliphatic heterocycles. The van der Waals surface area contributed by atoms with Crippen LogP contribution in [0.15, 0.2) is 72.8 Å². The molecule has 0 saturated carbocycles. The number of para-hydroxylation sites is 1. The summed E-state index contributed by atoms with van der Waals surface area (Å²) < 4.78 is 38.5. The van der Waals surface area contributed by atoms with E-state index in [0.29, 0.717) is 16.8 Å². The van der Waals surface area contributed by atoms with Gasteiger partial charge in [0.2, 0.25) is 6.54 Å². The van der Waals surface area contributed by atoms with Crippen molar-refractivity contribution in [1.29, 1.82) is 0 Å². The van der Waals surface area contributed by atoms with E-state index >= 15 is 0 Å². The summed E-state index contributed by atoms with van der Waals surface area (Å²) in [6.45, 7) is 1.04. The Kier molecular flexibility index (Phi) is 5.65. The summed E-state index contributed by atoms with van der Waals surface area (Å²) in [5.74, 6) is 0.0614. The van der Waals surface area contributed by atoms with Crippen molar-refractivity contribution in [1.82, 2.24) is 4.31 Å².